The zero-order valence-corrected chi connectivity index (χ0v) is 15.2. The van der Waals surface area contributed by atoms with Gasteiger partial charge in [0.15, 0.2) is 0 Å². The first kappa shape index (κ1) is 20.2. The van der Waals surface area contributed by atoms with Crippen LogP contribution in [-0.2, 0) is 6.18 Å². The molecule has 27 heavy (non-hydrogen) atoms. The molecule has 0 aliphatic carbocycles. The Balaban J connectivity index is 2.29. The van der Waals surface area contributed by atoms with Crippen LogP contribution in [0, 0.1) is 6.92 Å². The van der Waals surface area contributed by atoms with Gasteiger partial charge in [-0.2, -0.15) is 13.2 Å². The summed E-state index contributed by atoms with van der Waals surface area (Å²) >= 11 is 0. The van der Waals surface area contributed by atoms with Crippen molar-refractivity contribution < 1.29 is 18.0 Å². The molecule has 0 saturated heterocycles. The summed E-state index contributed by atoms with van der Waals surface area (Å²) in [6, 6.07) is 9.47. The molecule has 2 rings (SSSR count). The monoisotopic (exact) mass is 375 g/mol. The Morgan fingerprint density at radius 2 is 1.85 bits per heavy atom. The van der Waals surface area contributed by atoms with Crippen LogP contribution >= 0.6 is 0 Å². The Bertz CT molecular complexity index is 902. The van der Waals surface area contributed by atoms with E-state index >= 15 is 0 Å². The molecule has 0 radical (unpaired) electrons. The lowest BCUT2D eigenvalue weighted by atomic mass is 10.1. The fourth-order valence-corrected chi connectivity index (χ4v) is 2.44. The van der Waals surface area contributed by atoms with E-state index in [2.05, 4.69) is 22.2 Å². The number of carbonyl (C=O) groups excluding carboxylic acids is 1. The number of aliphatic imine (C=N–C) groups is 1. The number of amidine groups is 1. The van der Waals surface area contributed by atoms with Crippen LogP contribution in [0.5, 0.6) is 0 Å². The first-order valence-corrected chi connectivity index (χ1v) is 8.10. The predicted octanol–water partition coefficient (Wildman–Crippen LogP) is 4.77. The van der Waals surface area contributed by atoms with Crippen LogP contribution in [0.25, 0.3) is 0 Å². The third-order valence-electron chi connectivity index (χ3n) is 3.76. The van der Waals surface area contributed by atoms with Gasteiger partial charge in [0.05, 0.1) is 5.56 Å². The van der Waals surface area contributed by atoms with Gasteiger partial charge in [0, 0.05) is 29.6 Å². The molecule has 0 heterocycles. The van der Waals surface area contributed by atoms with E-state index in [1.807, 2.05) is 6.92 Å². The second kappa shape index (κ2) is 8.07. The summed E-state index contributed by atoms with van der Waals surface area (Å²) in [6.45, 7) is 7.46. The summed E-state index contributed by atoms with van der Waals surface area (Å²) in [4.78, 5) is 16.6. The lowest BCUT2D eigenvalue weighted by Crippen LogP contribution is -2.23. The lowest BCUT2D eigenvalue weighted by Gasteiger charge is -2.14. The number of aryl methyl sites for hydroxylation is 1. The van der Waals surface area contributed by atoms with Gasteiger partial charge in [-0.15, -0.1) is 0 Å². The van der Waals surface area contributed by atoms with Crippen LogP contribution < -0.4 is 10.6 Å². The molecule has 0 saturated carbocycles. The number of alkyl halides is 3. The number of halogens is 3. The van der Waals surface area contributed by atoms with Crippen molar-refractivity contribution in [2.75, 3.05) is 12.4 Å². The predicted molar refractivity (Wildman–Crippen MR) is 101 cm³/mol. The van der Waals surface area contributed by atoms with Crippen LogP contribution in [0.15, 0.2) is 59.7 Å². The molecule has 4 nitrogen and oxygen atoms in total. The van der Waals surface area contributed by atoms with Crippen LogP contribution in [0.4, 0.5) is 18.9 Å². The van der Waals surface area contributed by atoms with E-state index in [9.17, 15) is 18.0 Å². The highest BCUT2D eigenvalue weighted by molar-refractivity contribution is 6.06. The second-order valence-electron chi connectivity index (χ2n) is 6.04. The molecule has 0 spiro atoms. The summed E-state index contributed by atoms with van der Waals surface area (Å²) in [5.74, 6) is -0.0473. The molecule has 142 valence electrons. The Morgan fingerprint density at radius 3 is 2.44 bits per heavy atom. The molecule has 0 fully saturated rings. The summed E-state index contributed by atoms with van der Waals surface area (Å²) < 4.78 is 38.5. The number of hydrogen-bond donors (Lipinski definition) is 2. The summed E-state index contributed by atoms with van der Waals surface area (Å²) in [7, 11) is 1.62. The van der Waals surface area contributed by atoms with Crippen LogP contribution in [0.1, 0.15) is 34.0 Å². The number of anilines is 1. The number of amides is 1. The highest BCUT2D eigenvalue weighted by Gasteiger charge is 2.30. The van der Waals surface area contributed by atoms with Crippen molar-refractivity contribution in [1.82, 2.24) is 5.32 Å². The molecular formula is C20H20F3N3O. The van der Waals surface area contributed by atoms with Crippen LogP contribution in [0.2, 0.25) is 0 Å². The molecule has 7 heteroatoms. The number of rotatable bonds is 4. The van der Waals surface area contributed by atoms with E-state index in [1.165, 1.54) is 12.1 Å². The molecule has 2 N–H and O–H groups in total. The zero-order valence-electron chi connectivity index (χ0n) is 15.2. The van der Waals surface area contributed by atoms with E-state index in [0.717, 1.165) is 23.3 Å². The van der Waals surface area contributed by atoms with Gasteiger partial charge in [0.1, 0.15) is 5.84 Å². The van der Waals surface area contributed by atoms with E-state index in [1.54, 1.807) is 32.2 Å². The third kappa shape index (κ3) is 5.20. The first-order valence-electron chi connectivity index (χ1n) is 8.10. The van der Waals surface area contributed by atoms with E-state index in [4.69, 9.17) is 0 Å². The normalized spacial score (nSPS) is 11.9. The molecule has 0 bridgehead atoms. The van der Waals surface area contributed by atoms with Gasteiger partial charge in [0.2, 0.25) is 0 Å². The smallest absolute Gasteiger partial charge is 0.344 e. The molecule has 0 atom stereocenters. The fourth-order valence-electron chi connectivity index (χ4n) is 2.44. The fraction of sp³-hybridized carbons (Fsp3) is 0.200. The first-order chi connectivity index (χ1) is 12.6. The number of carbonyl (C=O) groups is 1. The molecule has 2 aromatic carbocycles. The topological polar surface area (TPSA) is 53.5 Å². The van der Waals surface area contributed by atoms with Crippen molar-refractivity contribution in [3.8, 4) is 0 Å². The van der Waals surface area contributed by atoms with Crippen molar-refractivity contribution in [1.29, 1.82) is 0 Å². The minimum Gasteiger partial charge on any atom is -0.344 e. The van der Waals surface area contributed by atoms with Gasteiger partial charge >= 0.3 is 6.18 Å². The lowest BCUT2D eigenvalue weighted by molar-refractivity contribution is -0.137. The van der Waals surface area contributed by atoms with Crippen molar-refractivity contribution in [2.45, 2.75) is 20.0 Å². The van der Waals surface area contributed by atoms with E-state index in [0.29, 0.717) is 17.2 Å². The van der Waals surface area contributed by atoms with Crippen LogP contribution in [-0.4, -0.2) is 18.8 Å². The summed E-state index contributed by atoms with van der Waals surface area (Å²) in [5, 5.41) is 5.67. The van der Waals surface area contributed by atoms with Crippen LogP contribution in [0.3, 0.4) is 0 Å². The van der Waals surface area contributed by atoms with Gasteiger partial charge in [0.25, 0.3) is 5.91 Å². The van der Waals surface area contributed by atoms with Gasteiger partial charge in [-0.25, -0.2) is 0 Å². The maximum Gasteiger partial charge on any atom is 0.416 e. The number of allylic oxidation sites excluding steroid dienone is 1. The second-order valence-corrected chi connectivity index (χ2v) is 6.04. The highest BCUT2D eigenvalue weighted by atomic mass is 19.4. The average Bonchev–Trinajstić information content (AvgIpc) is 2.60. The Kier molecular flexibility index (Phi) is 6.05. The number of nitrogens with zero attached hydrogens (tertiary/aromatic N) is 1. The number of hydrogen-bond acceptors (Lipinski definition) is 2. The molecule has 0 aliphatic heterocycles. The summed E-state index contributed by atoms with van der Waals surface area (Å²) in [6.07, 6.45) is -4.51. The highest BCUT2D eigenvalue weighted by Crippen LogP contribution is 2.29. The molecule has 0 aromatic heterocycles. The zero-order chi connectivity index (χ0) is 20.2. The SMILES string of the molecule is C=C(C)NC(=NC)c1cc(NC(=O)c2cccc(C(F)(F)F)c2)ccc1C. The van der Waals surface area contributed by atoms with Gasteiger partial charge in [-0.3, -0.25) is 9.79 Å². The molecule has 0 aliphatic rings. The maximum atomic E-state index is 12.8. The molecule has 0 unspecified atom stereocenters. The average molecular weight is 375 g/mol. The van der Waals surface area contributed by atoms with Crippen molar-refractivity contribution in [2.24, 2.45) is 4.99 Å². The number of nitrogens with one attached hydrogen (secondary N) is 2. The van der Waals surface area contributed by atoms with Crippen molar-refractivity contribution >= 4 is 17.4 Å². The largest absolute Gasteiger partial charge is 0.416 e. The van der Waals surface area contributed by atoms with Crippen molar-refractivity contribution in [3.63, 3.8) is 0 Å². The maximum absolute atomic E-state index is 12.8. The number of benzene rings is 2. The van der Waals surface area contributed by atoms with Gasteiger partial charge in [-0.1, -0.05) is 18.7 Å². The van der Waals surface area contributed by atoms with E-state index in [-0.39, 0.29) is 5.56 Å². The third-order valence-corrected chi connectivity index (χ3v) is 3.76. The van der Waals surface area contributed by atoms with Crippen molar-refractivity contribution in [3.05, 3.63) is 77.0 Å². The minimum atomic E-state index is -4.51. The Hall–Kier alpha value is -3.09. The standard InChI is InChI=1S/C20H20F3N3O/c1-12(2)25-18(24-4)17-11-16(9-8-13(17)3)26-19(27)14-6-5-7-15(10-14)20(21,22)23/h5-11H,1H2,2-4H3,(H,24,25)(H,26,27). The molecule has 1 amide bonds. The molecule has 2 aromatic rings. The quantitative estimate of drug-likeness (QED) is 0.598. The Morgan fingerprint density at radius 1 is 1.15 bits per heavy atom. The molecular weight excluding hydrogens is 355 g/mol. The van der Waals surface area contributed by atoms with Gasteiger partial charge in [-0.05, 0) is 49.7 Å². The van der Waals surface area contributed by atoms with E-state index < -0.39 is 17.6 Å². The summed E-state index contributed by atoms with van der Waals surface area (Å²) in [5.41, 5.74) is 1.88. The minimum absolute atomic E-state index is 0.0728. The van der Waals surface area contributed by atoms with Gasteiger partial charge < -0.3 is 10.6 Å². The Labute approximate surface area is 155 Å².